The quantitative estimate of drug-likeness (QED) is 0.476. The highest BCUT2D eigenvalue weighted by molar-refractivity contribution is 5.63. The molecule has 0 saturated carbocycles. The second-order valence-corrected chi connectivity index (χ2v) is 7.43. The topological polar surface area (TPSA) is 0 Å². The Bertz CT molecular complexity index is 521. The highest BCUT2D eigenvalue weighted by Crippen LogP contribution is 2.22. The van der Waals surface area contributed by atoms with Crippen LogP contribution in [0.4, 0.5) is 0 Å². The van der Waals surface area contributed by atoms with Crippen molar-refractivity contribution in [1.82, 2.24) is 0 Å². The first kappa shape index (κ1) is 17.3. The van der Waals surface area contributed by atoms with Gasteiger partial charge in [0.05, 0.1) is 0 Å². The summed E-state index contributed by atoms with van der Waals surface area (Å²) in [6.07, 6.45) is 16.5. The molecule has 0 spiro atoms. The van der Waals surface area contributed by atoms with Crippen LogP contribution < -0.4 is 0 Å². The minimum atomic E-state index is 1.24. The van der Waals surface area contributed by atoms with Crippen molar-refractivity contribution in [2.45, 2.75) is 77.0 Å². The summed E-state index contributed by atoms with van der Waals surface area (Å²) in [5.41, 5.74) is 5.67. The van der Waals surface area contributed by atoms with Crippen LogP contribution in [0.3, 0.4) is 0 Å². The van der Waals surface area contributed by atoms with Crippen LogP contribution in [0.25, 0.3) is 11.1 Å². The van der Waals surface area contributed by atoms with Gasteiger partial charge in [0.2, 0.25) is 0 Å². The summed E-state index contributed by atoms with van der Waals surface area (Å²) in [6.45, 7) is 0. The number of aryl methyl sites for hydroxylation is 2. The first-order valence-electron chi connectivity index (χ1n) is 10.1. The van der Waals surface area contributed by atoms with Crippen molar-refractivity contribution in [2.75, 3.05) is 0 Å². The van der Waals surface area contributed by atoms with E-state index in [4.69, 9.17) is 0 Å². The lowest BCUT2D eigenvalue weighted by Gasteiger charge is -2.08. The first-order valence-corrected chi connectivity index (χ1v) is 10.1. The van der Waals surface area contributed by atoms with Crippen LogP contribution in [0.1, 0.15) is 75.3 Å². The molecule has 24 heavy (non-hydrogen) atoms. The van der Waals surface area contributed by atoms with Gasteiger partial charge in [-0.15, -0.1) is 0 Å². The number of hydrogen-bond acceptors (Lipinski definition) is 0. The summed E-state index contributed by atoms with van der Waals surface area (Å²) < 4.78 is 0. The van der Waals surface area contributed by atoms with E-state index in [1.807, 2.05) is 0 Å². The first-order chi connectivity index (χ1) is 11.9. The normalized spacial score (nSPS) is 17.7. The molecule has 128 valence electrons. The predicted molar refractivity (Wildman–Crippen MR) is 105 cm³/mol. The van der Waals surface area contributed by atoms with Crippen molar-refractivity contribution in [3.8, 4) is 11.1 Å². The molecule has 0 saturated heterocycles. The third-order valence-electron chi connectivity index (χ3n) is 5.42. The number of rotatable bonds is 0. The van der Waals surface area contributed by atoms with Crippen molar-refractivity contribution in [3.05, 3.63) is 59.7 Å². The van der Waals surface area contributed by atoms with Crippen molar-refractivity contribution in [1.29, 1.82) is 0 Å². The third-order valence-corrected chi connectivity index (χ3v) is 5.42. The Morgan fingerprint density at radius 3 is 0.958 bits per heavy atom. The lowest BCUT2D eigenvalue weighted by Crippen LogP contribution is -1.89. The van der Waals surface area contributed by atoms with E-state index in [1.54, 1.807) is 0 Å². The number of hydrogen-bond donors (Lipinski definition) is 0. The molecule has 0 aliphatic heterocycles. The van der Waals surface area contributed by atoms with Crippen molar-refractivity contribution < 1.29 is 0 Å². The zero-order valence-electron chi connectivity index (χ0n) is 15.1. The van der Waals surface area contributed by atoms with Crippen LogP contribution in [0.2, 0.25) is 0 Å². The molecule has 0 fully saturated rings. The molecule has 0 heteroatoms. The molecular formula is C24H32. The summed E-state index contributed by atoms with van der Waals surface area (Å²) in [5.74, 6) is 0. The van der Waals surface area contributed by atoms with Crippen molar-refractivity contribution >= 4 is 0 Å². The fourth-order valence-electron chi connectivity index (χ4n) is 3.80. The molecule has 0 radical (unpaired) electrons. The molecule has 0 N–H and O–H groups in total. The van der Waals surface area contributed by atoms with E-state index in [9.17, 15) is 0 Å². The van der Waals surface area contributed by atoms with Crippen LogP contribution in [0, 0.1) is 0 Å². The summed E-state index contributed by atoms with van der Waals surface area (Å²) in [5, 5.41) is 0. The minimum Gasteiger partial charge on any atom is -0.0584 e. The Kier molecular flexibility index (Phi) is 6.96. The number of fused-ring (bicyclic) bond motifs is 2. The zero-order chi connectivity index (χ0) is 16.5. The van der Waals surface area contributed by atoms with E-state index in [1.165, 1.54) is 99.3 Å². The van der Waals surface area contributed by atoms with E-state index in [2.05, 4.69) is 48.5 Å². The standard InChI is InChI=1S/C24H32/c1-2-4-6-8-10-12-22-15-19-24(20-16-22)23-17-13-21(14-18-23)11-9-7-5-3-1/h13-20H,1-12H2. The third kappa shape index (κ3) is 5.51. The maximum Gasteiger partial charge on any atom is -0.0184 e. The Labute approximate surface area is 148 Å². The van der Waals surface area contributed by atoms with Crippen LogP contribution in [0.5, 0.6) is 0 Å². The van der Waals surface area contributed by atoms with Gasteiger partial charge in [0.15, 0.2) is 0 Å². The maximum absolute atomic E-state index is 2.32. The monoisotopic (exact) mass is 320 g/mol. The molecule has 3 aliphatic carbocycles. The van der Waals surface area contributed by atoms with Gasteiger partial charge in [-0.2, -0.15) is 0 Å². The van der Waals surface area contributed by atoms with Gasteiger partial charge in [-0.3, -0.25) is 0 Å². The largest absolute Gasteiger partial charge is 0.0584 e. The molecule has 2 aromatic rings. The van der Waals surface area contributed by atoms with Gasteiger partial charge in [0.1, 0.15) is 0 Å². The van der Waals surface area contributed by atoms with Gasteiger partial charge in [0, 0.05) is 0 Å². The average molecular weight is 321 g/mol. The molecule has 0 amide bonds. The van der Waals surface area contributed by atoms with Crippen LogP contribution in [-0.4, -0.2) is 0 Å². The molecule has 0 unspecified atom stereocenters. The van der Waals surface area contributed by atoms with Crippen molar-refractivity contribution in [2.24, 2.45) is 0 Å². The summed E-state index contributed by atoms with van der Waals surface area (Å²) in [7, 11) is 0. The predicted octanol–water partition coefficient (Wildman–Crippen LogP) is 7.35. The molecule has 4 bridgehead atoms. The lowest BCUT2D eigenvalue weighted by molar-refractivity contribution is 0.551. The van der Waals surface area contributed by atoms with Crippen LogP contribution >= 0.6 is 0 Å². The van der Waals surface area contributed by atoms with Gasteiger partial charge in [-0.05, 0) is 47.9 Å². The van der Waals surface area contributed by atoms with Gasteiger partial charge in [-0.25, -0.2) is 0 Å². The van der Waals surface area contributed by atoms with Gasteiger partial charge in [-0.1, -0.05) is 99.9 Å². The fraction of sp³-hybridized carbons (Fsp3) is 0.500. The van der Waals surface area contributed by atoms with Crippen LogP contribution in [0.15, 0.2) is 48.5 Å². The van der Waals surface area contributed by atoms with Crippen molar-refractivity contribution in [3.63, 3.8) is 0 Å². The minimum absolute atomic E-state index is 1.24. The molecule has 0 nitrogen and oxygen atoms in total. The summed E-state index contributed by atoms with van der Waals surface area (Å²) in [6, 6.07) is 18.5. The molecule has 2 aromatic carbocycles. The van der Waals surface area contributed by atoms with Crippen LogP contribution in [-0.2, 0) is 12.8 Å². The molecule has 0 heterocycles. The highest BCUT2D eigenvalue weighted by atomic mass is 14.1. The van der Waals surface area contributed by atoms with Gasteiger partial charge in [0.25, 0.3) is 0 Å². The van der Waals surface area contributed by atoms with Gasteiger partial charge < -0.3 is 0 Å². The average Bonchev–Trinajstić information content (AvgIpc) is 2.63. The highest BCUT2D eigenvalue weighted by Gasteiger charge is 2.01. The number of benzene rings is 2. The second kappa shape index (κ2) is 9.67. The summed E-state index contributed by atoms with van der Waals surface area (Å²) in [4.78, 5) is 0. The van der Waals surface area contributed by atoms with E-state index < -0.39 is 0 Å². The molecule has 0 aromatic heterocycles. The fourth-order valence-corrected chi connectivity index (χ4v) is 3.80. The molecule has 3 aliphatic rings. The Morgan fingerprint density at radius 1 is 0.333 bits per heavy atom. The zero-order valence-corrected chi connectivity index (χ0v) is 15.1. The molecule has 5 rings (SSSR count). The SMILES string of the molecule is c1cc2ccc1CCCCCCCCCCCCc1ccc-2cc1. The Morgan fingerprint density at radius 2 is 0.625 bits per heavy atom. The maximum atomic E-state index is 2.32. The summed E-state index contributed by atoms with van der Waals surface area (Å²) >= 11 is 0. The van der Waals surface area contributed by atoms with E-state index in [0.717, 1.165) is 0 Å². The molecule has 0 atom stereocenters. The van der Waals surface area contributed by atoms with E-state index in [-0.39, 0.29) is 0 Å². The Hall–Kier alpha value is -1.56. The van der Waals surface area contributed by atoms with E-state index in [0.29, 0.717) is 0 Å². The molecular weight excluding hydrogens is 288 g/mol. The van der Waals surface area contributed by atoms with Gasteiger partial charge >= 0.3 is 0 Å². The Balaban J connectivity index is 1.65. The second-order valence-electron chi connectivity index (χ2n) is 7.43. The smallest absolute Gasteiger partial charge is 0.0184 e. The van der Waals surface area contributed by atoms with E-state index >= 15 is 0 Å². The lowest BCUT2D eigenvalue weighted by atomic mass is 9.98.